The number of amides is 2. The second-order valence-electron chi connectivity index (χ2n) is 7.20. The van der Waals surface area contributed by atoms with Gasteiger partial charge in [0.15, 0.2) is 0 Å². The minimum atomic E-state index is -0.477. The summed E-state index contributed by atoms with van der Waals surface area (Å²) in [6.07, 6.45) is 5.59. The highest BCUT2D eigenvalue weighted by atomic mass is 16.2. The van der Waals surface area contributed by atoms with Gasteiger partial charge in [0, 0.05) is 38.2 Å². The Morgan fingerprint density at radius 2 is 1.96 bits per heavy atom. The zero-order chi connectivity index (χ0) is 18.3. The van der Waals surface area contributed by atoms with Crippen LogP contribution in [-0.2, 0) is 15.0 Å². The Labute approximate surface area is 153 Å². The van der Waals surface area contributed by atoms with Crippen molar-refractivity contribution in [3.05, 3.63) is 48.3 Å². The number of fused-ring (bicyclic) bond motifs is 2. The Hall–Kier alpha value is -2.63. The molecule has 2 amide bonds. The predicted molar refractivity (Wildman–Crippen MR) is 98.9 cm³/mol. The number of hydrogen-bond acceptors (Lipinski definition) is 3. The van der Waals surface area contributed by atoms with E-state index in [4.69, 9.17) is 0 Å². The number of carbonyl (C=O) groups is 2. The van der Waals surface area contributed by atoms with E-state index in [0.717, 1.165) is 11.3 Å². The maximum absolute atomic E-state index is 13.0. The summed E-state index contributed by atoms with van der Waals surface area (Å²) >= 11 is 0. The molecule has 1 aromatic heterocycles. The maximum Gasteiger partial charge on any atom is 0.247 e. The van der Waals surface area contributed by atoms with Gasteiger partial charge in [-0.3, -0.25) is 14.3 Å². The highest BCUT2D eigenvalue weighted by Gasteiger charge is 2.51. The van der Waals surface area contributed by atoms with Crippen molar-refractivity contribution >= 4 is 17.5 Å². The van der Waals surface area contributed by atoms with E-state index < -0.39 is 5.41 Å². The Balaban J connectivity index is 1.54. The van der Waals surface area contributed by atoms with Crippen LogP contribution in [-0.4, -0.2) is 46.6 Å². The molecule has 1 fully saturated rings. The smallest absolute Gasteiger partial charge is 0.247 e. The van der Waals surface area contributed by atoms with E-state index in [2.05, 4.69) is 11.2 Å². The van der Waals surface area contributed by atoms with Gasteiger partial charge in [-0.15, -0.1) is 0 Å². The lowest BCUT2D eigenvalue weighted by Crippen LogP contribution is -2.51. The van der Waals surface area contributed by atoms with Crippen molar-refractivity contribution < 1.29 is 9.59 Å². The number of nitrogens with zero attached hydrogens (tertiary/aromatic N) is 4. The Morgan fingerprint density at radius 1 is 1.23 bits per heavy atom. The maximum atomic E-state index is 13.0. The van der Waals surface area contributed by atoms with E-state index in [1.807, 2.05) is 49.3 Å². The lowest BCUT2D eigenvalue weighted by molar-refractivity contribution is -0.139. The van der Waals surface area contributed by atoms with Crippen molar-refractivity contribution in [2.75, 3.05) is 25.0 Å². The SMILES string of the molecule is CC[C@@H](C(=O)N1CCC2(CC1)C(=O)N(C)c1ccccc12)n1cccn1. The third-order valence-electron chi connectivity index (χ3n) is 5.94. The van der Waals surface area contributed by atoms with Gasteiger partial charge < -0.3 is 9.80 Å². The van der Waals surface area contributed by atoms with Gasteiger partial charge in [0.25, 0.3) is 0 Å². The molecule has 6 nitrogen and oxygen atoms in total. The first-order valence-corrected chi connectivity index (χ1v) is 9.24. The lowest BCUT2D eigenvalue weighted by Gasteiger charge is -2.39. The molecule has 0 saturated carbocycles. The molecule has 1 spiro atoms. The molecule has 2 aliphatic rings. The van der Waals surface area contributed by atoms with Crippen LogP contribution in [0.15, 0.2) is 42.7 Å². The first-order valence-electron chi connectivity index (χ1n) is 9.24. The zero-order valence-electron chi connectivity index (χ0n) is 15.3. The molecule has 3 heterocycles. The minimum Gasteiger partial charge on any atom is -0.341 e. The third-order valence-corrected chi connectivity index (χ3v) is 5.94. The van der Waals surface area contributed by atoms with E-state index in [0.29, 0.717) is 32.4 Å². The van der Waals surface area contributed by atoms with Crippen LogP contribution in [0.3, 0.4) is 0 Å². The van der Waals surface area contributed by atoms with Crippen LogP contribution in [0.1, 0.15) is 37.8 Å². The van der Waals surface area contributed by atoms with E-state index in [-0.39, 0.29) is 17.9 Å². The quantitative estimate of drug-likeness (QED) is 0.852. The van der Waals surface area contributed by atoms with Gasteiger partial charge >= 0.3 is 0 Å². The third kappa shape index (κ3) is 2.35. The Bertz CT molecular complexity index is 822. The molecule has 2 aromatic rings. The fourth-order valence-electron chi connectivity index (χ4n) is 4.46. The predicted octanol–water partition coefficient (Wildman–Crippen LogP) is 2.37. The Kier molecular flexibility index (Phi) is 4.05. The van der Waals surface area contributed by atoms with Gasteiger partial charge in [-0.1, -0.05) is 25.1 Å². The molecule has 6 heteroatoms. The number of piperidine rings is 1. The van der Waals surface area contributed by atoms with Gasteiger partial charge in [0.1, 0.15) is 6.04 Å². The van der Waals surface area contributed by atoms with Crippen LogP contribution in [0, 0.1) is 0 Å². The number of para-hydroxylation sites is 1. The number of hydrogen-bond donors (Lipinski definition) is 0. The number of rotatable bonds is 3. The van der Waals surface area contributed by atoms with E-state index in [1.54, 1.807) is 15.8 Å². The van der Waals surface area contributed by atoms with Crippen LogP contribution >= 0.6 is 0 Å². The Morgan fingerprint density at radius 3 is 2.62 bits per heavy atom. The van der Waals surface area contributed by atoms with Gasteiger partial charge in [0.2, 0.25) is 11.8 Å². The molecule has 0 radical (unpaired) electrons. The molecule has 26 heavy (non-hydrogen) atoms. The molecular weight excluding hydrogens is 328 g/mol. The average molecular weight is 352 g/mol. The summed E-state index contributed by atoms with van der Waals surface area (Å²) in [5.74, 6) is 0.253. The van der Waals surface area contributed by atoms with Crippen molar-refractivity contribution in [1.29, 1.82) is 0 Å². The first-order chi connectivity index (χ1) is 12.6. The van der Waals surface area contributed by atoms with Crippen molar-refractivity contribution in [3.63, 3.8) is 0 Å². The highest BCUT2D eigenvalue weighted by Crippen LogP contribution is 2.47. The number of anilines is 1. The molecule has 136 valence electrons. The van der Waals surface area contributed by atoms with Crippen LogP contribution in [0.25, 0.3) is 0 Å². The van der Waals surface area contributed by atoms with Crippen LogP contribution in [0.2, 0.25) is 0 Å². The summed E-state index contributed by atoms with van der Waals surface area (Å²) < 4.78 is 1.73. The summed E-state index contributed by atoms with van der Waals surface area (Å²) in [5.41, 5.74) is 1.63. The summed E-state index contributed by atoms with van der Waals surface area (Å²) in [6.45, 7) is 3.20. The van der Waals surface area contributed by atoms with Crippen LogP contribution < -0.4 is 4.90 Å². The van der Waals surface area contributed by atoms with Crippen molar-refractivity contribution in [2.45, 2.75) is 37.6 Å². The molecule has 1 atom stereocenters. The molecule has 2 aliphatic heterocycles. The number of benzene rings is 1. The van der Waals surface area contributed by atoms with Crippen molar-refractivity contribution in [2.24, 2.45) is 0 Å². The molecule has 1 aromatic carbocycles. The van der Waals surface area contributed by atoms with E-state index >= 15 is 0 Å². The molecular formula is C20H24N4O2. The normalized spacial score (nSPS) is 19.7. The second kappa shape index (κ2) is 6.27. The summed E-state index contributed by atoms with van der Waals surface area (Å²) in [5, 5.41) is 4.23. The van der Waals surface area contributed by atoms with Crippen molar-refractivity contribution in [1.82, 2.24) is 14.7 Å². The molecule has 0 N–H and O–H groups in total. The average Bonchev–Trinajstić information content (AvgIpc) is 3.27. The highest BCUT2D eigenvalue weighted by molar-refractivity contribution is 6.08. The summed E-state index contributed by atoms with van der Waals surface area (Å²) in [6, 6.07) is 9.60. The van der Waals surface area contributed by atoms with Crippen molar-refractivity contribution in [3.8, 4) is 0 Å². The number of aromatic nitrogens is 2. The fraction of sp³-hybridized carbons (Fsp3) is 0.450. The van der Waals surface area contributed by atoms with E-state index in [9.17, 15) is 9.59 Å². The molecule has 1 saturated heterocycles. The molecule has 4 rings (SSSR count). The fourth-order valence-corrected chi connectivity index (χ4v) is 4.46. The van der Waals surface area contributed by atoms with Gasteiger partial charge in [-0.25, -0.2) is 0 Å². The minimum absolute atomic E-state index is 0.0955. The van der Waals surface area contributed by atoms with Gasteiger partial charge in [-0.05, 0) is 37.0 Å². The van der Waals surface area contributed by atoms with E-state index in [1.165, 1.54) is 0 Å². The summed E-state index contributed by atoms with van der Waals surface area (Å²) in [4.78, 5) is 29.7. The molecule has 0 aliphatic carbocycles. The van der Waals surface area contributed by atoms with Crippen LogP contribution in [0.5, 0.6) is 0 Å². The number of likely N-dealkylation sites (N-methyl/N-ethyl adjacent to an activating group) is 1. The summed E-state index contributed by atoms with van der Waals surface area (Å²) in [7, 11) is 1.85. The topological polar surface area (TPSA) is 58.4 Å². The molecule has 0 bridgehead atoms. The number of likely N-dealkylation sites (tertiary alicyclic amines) is 1. The lowest BCUT2D eigenvalue weighted by atomic mass is 9.73. The van der Waals surface area contributed by atoms with Crippen LogP contribution in [0.4, 0.5) is 5.69 Å². The standard InChI is InChI=1S/C20H24N4O2/c1-3-16(24-12-6-11-21-24)18(25)23-13-9-20(10-14-23)15-7-4-5-8-17(15)22(2)19(20)26/h4-8,11-12,16H,3,9-10,13-14H2,1-2H3/t16-/m0/s1. The largest absolute Gasteiger partial charge is 0.341 e. The molecule has 0 unspecified atom stereocenters. The number of carbonyl (C=O) groups excluding carboxylic acids is 2. The van der Waals surface area contributed by atoms with Gasteiger partial charge in [0.05, 0.1) is 5.41 Å². The first kappa shape index (κ1) is 16.8. The monoisotopic (exact) mass is 352 g/mol. The second-order valence-corrected chi connectivity index (χ2v) is 7.20. The van der Waals surface area contributed by atoms with Gasteiger partial charge in [-0.2, -0.15) is 5.10 Å². The zero-order valence-corrected chi connectivity index (χ0v) is 15.3.